The highest BCUT2D eigenvalue weighted by atomic mass is 19.1. The third kappa shape index (κ3) is 5.79. The molecular formula is C29H36FN7O2. The molecule has 0 bridgehead atoms. The molecule has 9 nitrogen and oxygen atoms in total. The van der Waals surface area contributed by atoms with Crippen LogP contribution in [0.15, 0.2) is 48.0 Å². The van der Waals surface area contributed by atoms with Gasteiger partial charge in [0.15, 0.2) is 35.1 Å². The van der Waals surface area contributed by atoms with Crippen LogP contribution in [0.2, 0.25) is 0 Å². The zero-order valence-corrected chi connectivity index (χ0v) is 22.3. The summed E-state index contributed by atoms with van der Waals surface area (Å²) in [6.45, 7) is 6.64. The Hall–Kier alpha value is -3.82. The first-order chi connectivity index (χ1) is 18.8. The van der Waals surface area contributed by atoms with Crippen molar-refractivity contribution in [2.75, 3.05) is 5.32 Å². The SMILES string of the molecule is C=CC1CCC(Cn2c(C(F)c3ccccc3)nc3nc(C(N)=NC(=O)O)nc(NC(C)C4CCC4)c32)CC1. The number of hydrogen-bond acceptors (Lipinski definition) is 5. The second-order valence-electron chi connectivity index (χ2n) is 10.8. The Balaban J connectivity index is 1.64. The number of amides is 1. The number of nitrogens with two attached hydrogens (primary N) is 1. The van der Waals surface area contributed by atoms with Gasteiger partial charge in [0.25, 0.3) is 0 Å². The van der Waals surface area contributed by atoms with E-state index in [0.717, 1.165) is 38.5 Å². The molecule has 3 aromatic rings. The topological polar surface area (TPSA) is 131 Å². The molecule has 0 radical (unpaired) electrons. The van der Waals surface area contributed by atoms with Gasteiger partial charge in [0.1, 0.15) is 5.52 Å². The maximum Gasteiger partial charge on any atom is 0.433 e. The number of benzene rings is 1. The summed E-state index contributed by atoms with van der Waals surface area (Å²) in [4.78, 5) is 28.4. The Morgan fingerprint density at radius 1 is 1.21 bits per heavy atom. The first-order valence-electron chi connectivity index (χ1n) is 13.8. The molecule has 1 aromatic carbocycles. The van der Waals surface area contributed by atoms with Gasteiger partial charge >= 0.3 is 6.09 Å². The van der Waals surface area contributed by atoms with E-state index in [4.69, 9.17) is 10.8 Å². The molecule has 0 spiro atoms. The highest BCUT2D eigenvalue weighted by Gasteiger charge is 2.30. The molecule has 2 saturated carbocycles. The first-order valence-corrected chi connectivity index (χ1v) is 13.8. The molecule has 10 heteroatoms. The predicted octanol–water partition coefficient (Wildman–Crippen LogP) is 5.86. The number of carbonyl (C=O) groups is 1. The lowest BCUT2D eigenvalue weighted by atomic mass is 9.80. The van der Waals surface area contributed by atoms with Gasteiger partial charge in [0, 0.05) is 12.6 Å². The summed E-state index contributed by atoms with van der Waals surface area (Å²) in [5.74, 6) is 1.69. The van der Waals surface area contributed by atoms with Gasteiger partial charge in [-0.3, -0.25) is 0 Å². The van der Waals surface area contributed by atoms with Gasteiger partial charge in [-0.2, -0.15) is 4.99 Å². The standard InChI is InChI=1S/C29H36FN7O2/c1-3-18-12-14-19(15-13-18)16-37-23-25(32-17(2)20-10-7-11-20)34-27(24(31)33-29(38)39)35-26(23)36-28(37)22(30)21-8-5-4-6-9-21/h3-6,8-9,17-20,22H,1,7,10-16H2,2H3,(H2,31,33)(H,38,39)(H,32,34,35). The summed E-state index contributed by atoms with van der Waals surface area (Å²) >= 11 is 0. The number of halogens is 1. The van der Waals surface area contributed by atoms with Crippen LogP contribution in [0.3, 0.4) is 0 Å². The van der Waals surface area contributed by atoms with Crippen LogP contribution in [0.1, 0.15) is 75.3 Å². The fraction of sp³-hybridized carbons (Fsp3) is 0.483. The van der Waals surface area contributed by atoms with E-state index in [1.807, 2.05) is 16.7 Å². The van der Waals surface area contributed by atoms with Gasteiger partial charge in [-0.15, -0.1) is 6.58 Å². The molecule has 2 aliphatic rings. The molecule has 1 amide bonds. The minimum Gasteiger partial charge on any atom is -0.463 e. The van der Waals surface area contributed by atoms with Crippen molar-refractivity contribution >= 4 is 28.9 Å². The summed E-state index contributed by atoms with van der Waals surface area (Å²) in [5.41, 5.74) is 7.32. The number of alkyl halides is 1. The molecule has 0 saturated heterocycles. The average molecular weight is 534 g/mol. The van der Waals surface area contributed by atoms with Crippen molar-refractivity contribution in [1.82, 2.24) is 19.5 Å². The second-order valence-corrected chi connectivity index (χ2v) is 10.8. The molecule has 2 fully saturated rings. The van der Waals surface area contributed by atoms with Crippen molar-refractivity contribution in [2.45, 2.75) is 70.6 Å². The molecule has 2 aliphatic carbocycles. The molecule has 4 N–H and O–H groups in total. The van der Waals surface area contributed by atoms with Crippen molar-refractivity contribution < 1.29 is 14.3 Å². The minimum absolute atomic E-state index is 0.0500. The number of amidine groups is 1. The van der Waals surface area contributed by atoms with Crippen LogP contribution < -0.4 is 11.1 Å². The van der Waals surface area contributed by atoms with E-state index in [-0.39, 0.29) is 29.2 Å². The number of anilines is 1. The highest BCUT2D eigenvalue weighted by Crippen LogP contribution is 2.37. The van der Waals surface area contributed by atoms with Crippen molar-refractivity contribution in [3.63, 3.8) is 0 Å². The Bertz CT molecular complexity index is 1360. The van der Waals surface area contributed by atoms with Gasteiger partial charge in [-0.25, -0.2) is 24.1 Å². The van der Waals surface area contributed by atoms with Crippen molar-refractivity contribution in [3.8, 4) is 0 Å². The van der Waals surface area contributed by atoms with Crippen LogP contribution in [0.25, 0.3) is 11.2 Å². The number of fused-ring (bicyclic) bond motifs is 1. The predicted molar refractivity (Wildman–Crippen MR) is 150 cm³/mol. The average Bonchev–Trinajstić information content (AvgIpc) is 3.26. The van der Waals surface area contributed by atoms with E-state index in [9.17, 15) is 4.79 Å². The summed E-state index contributed by atoms with van der Waals surface area (Å²) in [6.07, 6.45) is 6.68. The van der Waals surface area contributed by atoms with Gasteiger partial charge in [-0.1, -0.05) is 42.8 Å². The van der Waals surface area contributed by atoms with E-state index < -0.39 is 12.3 Å². The number of aliphatic imine (C=N–C) groups is 1. The van der Waals surface area contributed by atoms with E-state index in [1.54, 1.807) is 24.3 Å². The van der Waals surface area contributed by atoms with E-state index in [1.165, 1.54) is 6.42 Å². The van der Waals surface area contributed by atoms with Crippen molar-refractivity contribution in [2.24, 2.45) is 28.5 Å². The van der Waals surface area contributed by atoms with Gasteiger partial charge < -0.3 is 20.7 Å². The number of nitrogens with zero attached hydrogens (tertiary/aromatic N) is 5. The molecule has 2 aromatic heterocycles. The molecule has 2 atom stereocenters. The quantitative estimate of drug-likeness (QED) is 0.178. The van der Waals surface area contributed by atoms with E-state index >= 15 is 4.39 Å². The maximum atomic E-state index is 16.2. The lowest BCUT2D eigenvalue weighted by Crippen LogP contribution is -2.32. The third-order valence-corrected chi connectivity index (χ3v) is 8.28. The number of imidazole rings is 1. The smallest absolute Gasteiger partial charge is 0.433 e. The van der Waals surface area contributed by atoms with Crippen LogP contribution in [-0.2, 0) is 6.54 Å². The molecule has 0 aliphatic heterocycles. The number of hydrogen-bond donors (Lipinski definition) is 3. The number of allylic oxidation sites excluding steroid dienone is 1. The molecule has 2 heterocycles. The Morgan fingerprint density at radius 2 is 1.92 bits per heavy atom. The van der Waals surface area contributed by atoms with Crippen LogP contribution in [0.5, 0.6) is 0 Å². The summed E-state index contributed by atoms with van der Waals surface area (Å²) in [6, 6.07) is 9.06. The normalized spacial score (nSPS) is 21.7. The number of nitrogens with one attached hydrogen (secondary N) is 1. The van der Waals surface area contributed by atoms with Crippen LogP contribution in [0, 0.1) is 17.8 Å². The second kappa shape index (κ2) is 11.5. The number of carboxylic acid groups (broad SMARTS) is 1. The fourth-order valence-corrected chi connectivity index (χ4v) is 5.71. The Kier molecular flexibility index (Phi) is 7.90. The first kappa shape index (κ1) is 26.8. The highest BCUT2D eigenvalue weighted by molar-refractivity contribution is 6.01. The lowest BCUT2D eigenvalue weighted by molar-refractivity contribution is 0.205. The van der Waals surface area contributed by atoms with Crippen LogP contribution >= 0.6 is 0 Å². The zero-order chi connectivity index (χ0) is 27.5. The Labute approximate surface area is 227 Å². The van der Waals surface area contributed by atoms with Gasteiger partial charge in [0.2, 0.25) is 0 Å². The lowest BCUT2D eigenvalue weighted by Gasteiger charge is -2.32. The van der Waals surface area contributed by atoms with Crippen molar-refractivity contribution in [1.29, 1.82) is 0 Å². The number of aromatic nitrogens is 4. The third-order valence-electron chi connectivity index (χ3n) is 8.28. The molecule has 206 valence electrons. The monoisotopic (exact) mass is 533 g/mol. The number of rotatable bonds is 9. The largest absolute Gasteiger partial charge is 0.463 e. The Morgan fingerprint density at radius 3 is 2.54 bits per heavy atom. The minimum atomic E-state index is -1.48. The zero-order valence-electron chi connectivity index (χ0n) is 22.3. The van der Waals surface area contributed by atoms with E-state index in [2.05, 4.69) is 38.8 Å². The summed E-state index contributed by atoms with van der Waals surface area (Å²) in [7, 11) is 0. The van der Waals surface area contributed by atoms with Crippen LogP contribution in [0.4, 0.5) is 15.0 Å². The summed E-state index contributed by atoms with van der Waals surface area (Å²) in [5, 5.41) is 12.7. The van der Waals surface area contributed by atoms with Gasteiger partial charge in [-0.05, 0) is 68.8 Å². The molecule has 2 unspecified atom stereocenters. The van der Waals surface area contributed by atoms with Gasteiger partial charge in [0.05, 0.1) is 0 Å². The van der Waals surface area contributed by atoms with Crippen molar-refractivity contribution in [3.05, 3.63) is 60.2 Å². The fourth-order valence-electron chi connectivity index (χ4n) is 5.71. The molecular weight excluding hydrogens is 497 g/mol. The molecule has 39 heavy (non-hydrogen) atoms. The molecule has 5 rings (SSSR count). The van der Waals surface area contributed by atoms with Crippen LogP contribution in [-0.4, -0.2) is 42.6 Å². The maximum absolute atomic E-state index is 16.2. The van der Waals surface area contributed by atoms with E-state index in [0.29, 0.717) is 41.2 Å². The summed E-state index contributed by atoms with van der Waals surface area (Å²) < 4.78 is 18.1.